The van der Waals surface area contributed by atoms with Gasteiger partial charge >= 0.3 is 35.0 Å². The number of nitrogens with one attached hydrogen (secondary N) is 1. The number of hydrogen-bond donors (Lipinski definition) is 2. The van der Waals surface area contributed by atoms with Crippen LogP contribution in [0.2, 0.25) is 0 Å². The van der Waals surface area contributed by atoms with Crippen LogP contribution in [0.15, 0.2) is 0 Å². The Labute approximate surface area is 210 Å². The highest BCUT2D eigenvalue weighted by Gasteiger charge is 2.63. The molecule has 16 nitrogen and oxygen atoms in total. The van der Waals surface area contributed by atoms with E-state index in [4.69, 9.17) is 41.1 Å². The summed E-state index contributed by atoms with van der Waals surface area (Å²) in [6, 6.07) is 0. The number of hydrogen-bond acceptors (Lipinski definition) is 16. The summed E-state index contributed by atoms with van der Waals surface area (Å²) in [5.41, 5.74) is 0. The second-order valence-corrected chi connectivity index (χ2v) is 13.8. The first kappa shape index (κ1) is 35.3. The molecule has 0 aromatic carbocycles. The van der Waals surface area contributed by atoms with Gasteiger partial charge in [0.1, 0.15) is 6.61 Å². The van der Waals surface area contributed by atoms with Gasteiger partial charge < -0.3 is 38.0 Å². The standard InChI is InChI=1S/C17H36NO15P3/c1-8-16(20)30-11-15(33-14(2)19)12-32-36(24,29-7)31-10-9-18-13-17(21,34(22,25-3)26-4)35(23,27-5)28-6/h15,18,21H,8-13H2,1-7H3. The van der Waals surface area contributed by atoms with Crippen LogP contribution in [-0.4, -0.2) is 96.7 Å². The molecule has 0 bridgehead atoms. The minimum atomic E-state index is -4.44. The van der Waals surface area contributed by atoms with Crippen molar-refractivity contribution < 1.29 is 69.5 Å². The summed E-state index contributed by atoms with van der Waals surface area (Å²) in [6.07, 6.45) is -0.975. The second-order valence-electron chi connectivity index (χ2n) is 6.70. The van der Waals surface area contributed by atoms with E-state index in [0.29, 0.717) is 0 Å². The average molecular weight is 587 g/mol. The summed E-state index contributed by atoms with van der Waals surface area (Å²) in [6.45, 7) is 0.697. The molecule has 0 radical (unpaired) electrons. The molecule has 0 aliphatic carbocycles. The maximum absolute atomic E-state index is 12.9. The van der Waals surface area contributed by atoms with Gasteiger partial charge in [-0.3, -0.25) is 32.3 Å². The summed E-state index contributed by atoms with van der Waals surface area (Å²) in [4.78, 5) is 22.6. The molecule has 0 aliphatic rings. The van der Waals surface area contributed by atoms with Gasteiger partial charge in [-0.05, 0) is 0 Å². The van der Waals surface area contributed by atoms with Crippen molar-refractivity contribution in [2.75, 3.05) is 68.5 Å². The third-order valence-corrected chi connectivity index (χ3v) is 11.3. The molecule has 0 aromatic heterocycles. The van der Waals surface area contributed by atoms with Gasteiger partial charge in [-0.25, -0.2) is 4.57 Å². The Kier molecular flexibility index (Phi) is 16.0. The number of ether oxygens (including phenoxy) is 2. The third-order valence-electron chi connectivity index (χ3n) is 4.42. The Morgan fingerprint density at radius 2 is 1.42 bits per heavy atom. The Balaban J connectivity index is 5.12. The van der Waals surface area contributed by atoms with Crippen LogP contribution in [0.25, 0.3) is 0 Å². The molecule has 0 saturated carbocycles. The van der Waals surface area contributed by atoms with Crippen LogP contribution in [0, 0.1) is 0 Å². The lowest BCUT2D eigenvalue weighted by Gasteiger charge is -2.36. The van der Waals surface area contributed by atoms with Gasteiger partial charge in [-0.15, -0.1) is 0 Å². The predicted octanol–water partition coefficient (Wildman–Crippen LogP) is 1.87. The lowest BCUT2D eigenvalue weighted by molar-refractivity contribution is -0.159. The molecule has 0 aliphatic heterocycles. The number of phosphoric ester groups is 1. The molecule has 2 atom stereocenters. The zero-order chi connectivity index (χ0) is 28.0. The molecule has 2 N–H and O–H groups in total. The first-order chi connectivity index (χ1) is 16.8. The minimum absolute atomic E-state index is 0.101. The molecule has 0 heterocycles. The highest BCUT2D eigenvalue weighted by molar-refractivity contribution is 7.73. The Morgan fingerprint density at radius 1 is 0.889 bits per heavy atom. The van der Waals surface area contributed by atoms with E-state index < -0.39 is 59.3 Å². The van der Waals surface area contributed by atoms with Crippen molar-refractivity contribution in [1.29, 1.82) is 0 Å². The summed E-state index contributed by atoms with van der Waals surface area (Å²) in [5.74, 6) is -1.22. The Bertz CT molecular complexity index is 796. The molecule has 36 heavy (non-hydrogen) atoms. The van der Waals surface area contributed by atoms with E-state index in [1.807, 2.05) is 0 Å². The van der Waals surface area contributed by atoms with Crippen LogP contribution in [-0.2, 0) is 64.4 Å². The zero-order valence-corrected chi connectivity index (χ0v) is 24.0. The molecule has 0 spiro atoms. The number of carbonyl (C=O) groups is 2. The minimum Gasteiger partial charge on any atom is -0.462 e. The third kappa shape index (κ3) is 9.86. The molecule has 0 amide bonds. The second kappa shape index (κ2) is 16.3. The fourth-order valence-electron chi connectivity index (χ4n) is 2.52. The zero-order valence-electron chi connectivity index (χ0n) is 21.3. The van der Waals surface area contributed by atoms with Crippen LogP contribution in [0.5, 0.6) is 0 Å². The summed E-state index contributed by atoms with van der Waals surface area (Å²) < 4.78 is 82.5. The molecule has 19 heteroatoms. The van der Waals surface area contributed by atoms with Crippen LogP contribution < -0.4 is 5.32 Å². The van der Waals surface area contributed by atoms with Gasteiger partial charge in [-0.2, -0.15) is 0 Å². The SMILES string of the molecule is CCC(=O)OCC(COP(=O)(OC)OCCNCC(O)(P(=O)(OC)OC)P(=O)(OC)OC)OC(C)=O. The number of carbonyl (C=O) groups excluding carboxylic acids is 2. The van der Waals surface area contributed by atoms with Crippen molar-refractivity contribution >= 4 is 35.0 Å². The van der Waals surface area contributed by atoms with Crippen molar-refractivity contribution in [3.8, 4) is 0 Å². The van der Waals surface area contributed by atoms with Crippen molar-refractivity contribution in [3.63, 3.8) is 0 Å². The molecule has 214 valence electrons. The van der Waals surface area contributed by atoms with Gasteiger partial charge in [0.15, 0.2) is 6.10 Å². The van der Waals surface area contributed by atoms with Crippen LogP contribution >= 0.6 is 23.0 Å². The fourth-order valence-corrected chi connectivity index (χ4v) is 7.73. The van der Waals surface area contributed by atoms with E-state index in [9.17, 15) is 28.4 Å². The molecular weight excluding hydrogens is 551 g/mol. The van der Waals surface area contributed by atoms with Crippen molar-refractivity contribution in [2.24, 2.45) is 0 Å². The lowest BCUT2D eigenvalue weighted by atomic mass is 10.4. The first-order valence-electron chi connectivity index (χ1n) is 10.4. The van der Waals surface area contributed by atoms with Gasteiger partial charge in [-0.1, -0.05) is 6.92 Å². The van der Waals surface area contributed by atoms with E-state index in [-0.39, 0.29) is 26.2 Å². The average Bonchev–Trinajstić information content (AvgIpc) is 2.87. The molecule has 0 saturated heterocycles. The van der Waals surface area contributed by atoms with Gasteiger partial charge in [0.05, 0.1) is 13.2 Å². The van der Waals surface area contributed by atoms with Crippen molar-refractivity contribution in [1.82, 2.24) is 5.32 Å². The first-order valence-corrected chi connectivity index (χ1v) is 14.9. The normalized spacial score (nSPS) is 15.2. The van der Waals surface area contributed by atoms with Crippen molar-refractivity contribution in [3.05, 3.63) is 0 Å². The topological polar surface area (TPSA) is 201 Å². The quantitative estimate of drug-likeness (QED) is 0.119. The molecule has 0 fully saturated rings. The summed E-state index contributed by atoms with van der Waals surface area (Å²) in [7, 11) is -8.08. The lowest BCUT2D eigenvalue weighted by Crippen LogP contribution is -2.42. The monoisotopic (exact) mass is 587 g/mol. The molecule has 0 rings (SSSR count). The maximum atomic E-state index is 12.9. The van der Waals surface area contributed by atoms with E-state index in [1.54, 1.807) is 6.92 Å². The number of phosphoric acid groups is 1. The van der Waals surface area contributed by atoms with E-state index in [1.165, 1.54) is 0 Å². The Morgan fingerprint density at radius 3 is 1.83 bits per heavy atom. The predicted molar refractivity (Wildman–Crippen MR) is 124 cm³/mol. The number of rotatable bonds is 20. The number of aliphatic hydroxyl groups is 1. The highest BCUT2D eigenvalue weighted by Crippen LogP contribution is 2.75. The smallest absolute Gasteiger partial charge is 0.462 e. The van der Waals surface area contributed by atoms with E-state index in [0.717, 1.165) is 42.5 Å². The molecule has 0 aromatic rings. The van der Waals surface area contributed by atoms with Crippen molar-refractivity contribution in [2.45, 2.75) is 31.5 Å². The van der Waals surface area contributed by atoms with Crippen LogP contribution in [0.4, 0.5) is 0 Å². The summed E-state index contributed by atoms with van der Waals surface area (Å²) in [5, 5.41) is 10.8. The number of esters is 2. The van der Waals surface area contributed by atoms with E-state index in [2.05, 4.69) is 5.32 Å². The van der Waals surface area contributed by atoms with Crippen LogP contribution in [0.1, 0.15) is 20.3 Å². The molecule has 2 unspecified atom stereocenters. The van der Waals surface area contributed by atoms with E-state index >= 15 is 0 Å². The van der Waals surface area contributed by atoms with Gasteiger partial charge in [0, 0.05) is 62.0 Å². The highest BCUT2D eigenvalue weighted by atomic mass is 31.2. The maximum Gasteiger partial charge on any atom is 0.474 e. The summed E-state index contributed by atoms with van der Waals surface area (Å²) >= 11 is 0. The fraction of sp³-hybridized carbons (Fsp3) is 0.882. The van der Waals surface area contributed by atoms with Gasteiger partial charge in [0.25, 0.3) is 5.08 Å². The van der Waals surface area contributed by atoms with Gasteiger partial charge in [0.2, 0.25) is 0 Å². The molecular formula is C17H36NO15P3. The van der Waals surface area contributed by atoms with Crippen LogP contribution in [0.3, 0.4) is 0 Å². The largest absolute Gasteiger partial charge is 0.474 e. The Hall–Kier alpha value is -0.730.